The van der Waals surface area contributed by atoms with Crippen LogP contribution in [-0.2, 0) is 6.54 Å². The monoisotopic (exact) mass is 381 g/mol. The number of carbonyl (C=O) groups excluding carboxylic acids is 1. The van der Waals surface area contributed by atoms with Crippen molar-refractivity contribution in [3.05, 3.63) is 58.7 Å². The van der Waals surface area contributed by atoms with E-state index in [1.54, 1.807) is 35.1 Å². The number of carbonyl (C=O) groups is 1. The van der Waals surface area contributed by atoms with Crippen molar-refractivity contribution in [1.82, 2.24) is 19.7 Å². The van der Waals surface area contributed by atoms with E-state index in [-0.39, 0.29) is 17.6 Å². The molecular weight excluding hydrogens is 358 g/mol. The first-order valence-electron chi connectivity index (χ1n) is 9.33. The Kier molecular flexibility index (Phi) is 4.77. The summed E-state index contributed by atoms with van der Waals surface area (Å²) >= 11 is 0. The smallest absolute Gasteiger partial charge is 0.346 e. The van der Waals surface area contributed by atoms with E-state index >= 15 is 0 Å². The van der Waals surface area contributed by atoms with Gasteiger partial charge in [-0.1, -0.05) is 0 Å². The van der Waals surface area contributed by atoms with Crippen LogP contribution in [0.1, 0.15) is 29.2 Å². The number of hydrogen-bond acceptors (Lipinski definition) is 5. The predicted octanol–water partition coefficient (Wildman–Crippen LogP) is 2.14. The van der Waals surface area contributed by atoms with Gasteiger partial charge in [-0.05, 0) is 49.2 Å². The molecule has 0 atom stereocenters. The van der Waals surface area contributed by atoms with Gasteiger partial charge in [-0.25, -0.2) is 9.48 Å². The largest absolute Gasteiger partial charge is 0.461 e. The van der Waals surface area contributed by atoms with Crippen molar-refractivity contribution in [1.29, 1.82) is 0 Å². The van der Waals surface area contributed by atoms with E-state index in [1.807, 2.05) is 31.1 Å². The second kappa shape index (κ2) is 7.38. The van der Waals surface area contributed by atoms with Crippen molar-refractivity contribution >= 4 is 11.6 Å². The molecule has 8 heteroatoms. The minimum Gasteiger partial charge on any atom is -0.461 e. The summed E-state index contributed by atoms with van der Waals surface area (Å²) in [6.45, 7) is 0.612. The Balaban J connectivity index is 1.43. The van der Waals surface area contributed by atoms with Gasteiger partial charge < -0.3 is 14.6 Å². The molecule has 3 aromatic rings. The number of furan rings is 1. The van der Waals surface area contributed by atoms with Gasteiger partial charge in [0, 0.05) is 37.9 Å². The summed E-state index contributed by atoms with van der Waals surface area (Å²) in [6, 6.07) is 11.1. The molecule has 1 saturated carbocycles. The highest BCUT2D eigenvalue weighted by atomic mass is 16.3. The molecule has 1 aliphatic rings. The van der Waals surface area contributed by atoms with Crippen LogP contribution >= 0.6 is 0 Å². The Morgan fingerprint density at radius 3 is 2.61 bits per heavy atom. The summed E-state index contributed by atoms with van der Waals surface area (Å²) in [7, 11) is 3.90. The molecule has 8 nitrogen and oxygen atoms in total. The molecule has 0 aliphatic heterocycles. The molecule has 4 rings (SSSR count). The van der Waals surface area contributed by atoms with E-state index in [4.69, 9.17) is 4.42 Å². The van der Waals surface area contributed by atoms with Gasteiger partial charge in [-0.3, -0.25) is 9.36 Å². The molecule has 0 radical (unpaired) electrons. The van der Waals surface area contributed by atoms with Crippen LogP contribution in [0.2, 0.25) is 0 Å². The number of anilines is 1. The van der Waals surface area contributed by atoms with Gasteiger partial charge in [0.15, 0.2) is 5.76 Å². The van der Waals surface area contributed by atoms with Gasteiger partial charge in [0.2, 0.25) is 5.82 Å². The number of aromatic nitrogens is 3. The second-order valence-electron chi connectivity index (χ2n) is 7.11. The highest BCUT2D eigenvalue weighted by molar-refractivity contribution is 5.94. The fourth-order valence-corrected chi connectivity index (χ4v) is 3.09. The van der Waals surface area contributed by atoms with Crippen LogP contribution in [0.3, 0.4) is 0 Å². The van der Waals surface area contributed by atoms with Gasteiger partial charge in [-0.2, -0.15) is 0 Å². The van der Waals surface area contributed by atoms with E-state index in [9.17, 15) is 9.59 Å². The summed E-state index contributed by atoms with van der Waals surface area (Å²) < 4.78 is 8.51. The van der Waals surface area contributed by atoms with Gasteiger partial charge in [0.1, 0.15) is 0 Å². The summed E-state index contributed by atoms with van der Waals surface area (Å²) in [6.07, 6.45) is 3.51. The number of rotatable bonds is 7. The van der Waals surface area contributed by atoms with Crippen molar-refractivity contribution in [3.63, 3.8) is 0 Å². The van der Waals surface area contributed by atoms with Crippen molar-refractivity contribution in [3.8, 4) is 11.6 Å². The van der Waals surface area contributed by atoms with Crippen LogP contribution in [0.25, 0.3) is 11.6 Å². The van der Waals surface area contributed by atoms with Crippen LogP contribution in [-0.4, -0.2) is 40.9 Å². The molecule has 0 bridgehead atoms. The maximum Gasteiger partial charge on any atom is 0.346 e. The molecule has 1 aliphatic carbocycles. The van der Waals surface area contributed by atoms with Crippen molar-refractivity contribution < 1.29 is 9.21 Å². The molecule has 2 aromatic heterocycles. The maximum absolute atomic E-state index is 12.7. The van der Waals surface area contributed by atoms with E-state index in [0.717, 1.165) is 18.5 Å². The highest BCUT2D eigenvalue weighted by Gasteiger charge is 2.31. The zero-order valence-corrected chi connectivity index (χ0v) is 16.0. The average molecular weight is 381 g/mol. The van der Waals surface area contributed by atoms with Gasteiger partial charge in [0.25, 0.3) is 5.91 Å². The van der Waals surface area contributed by atoms with Crippen LogP contribution in [0.15, 0.2) is 51.9 Å². The average Bonchev–Trinajstić information content (AvgIpc) is 3.26. The Labute approximate surface area is 162 Å². The molecule has 0 saturated heterocycles. The Morgan fingerprint density at radius 1 is 1.25 bits per heavy atom. The minimum atomic E-state index is -0.175. The van der Waals surface area contributed by atoms with Gasteiger partial charge in [0.05, 0.1) is 12.8 Å². The first kappa shape index (κ1) is 18.1. The molecule has 1 amide bonds. The number of hydrogen-bond donors (Lipinski definition) is 1. The lowest BCUT2D eigenvalue weighted by atomic mass is 10.2. The molecule has 1 N–H and O–H groups in total. The molecule has 0 spiro atoms. The van der Waals surface area contributed by atoms with Crippen molar-refractivity contribution in [2.45, 2.75) is 25.4 Å². The molecule has 28 heavy (non-hydrogen) atoms. The molecule has 146 valence electrons. The third kappa shape index (κ3) is 3.58. The minimum absolute atomic E-state index is 0.168. The zero-order valence-electron chi connectivity index (χ0n) is 16.0. The summed E-state index contributed by atoms with van der Waals surface area (Å²) in [5, 5.41) is 7.28. The van der Waals surface area contributed by atoms with Gasteiger partial charge in [-0.15, -0.1) is 5.10 Å². The molecular formula is C20H23N5O3. The third-order valence-corrected chi connectivity index (χ3v) is 4.78. The van der Waals surface area contributed by atoms with Crippen molar-refractivity contribution in [2.75, 3.05) is 25.5 Å². The third-order valence-electron chi connectivity index (χ3n) is 4.78. The normalized spacial score (nSPS) is 13.5. The number of amides is 1. The Morgan fingerprint density at radius 2 is 2.00 bits per heavy atom. The molecule has 0 unspecified atom stereocenters. The van der Waals surface area contributed by atoms with Gasteiger partial charge >= 0.3 is 5.69 Å². The standard InChI is InChI=1S/C20H23N5O3/c1-23(2)15-7-5-14(6-8-15)19(26)21-11-12-24-20(27)25(16-9-10-16)18(22-24)17-4-3-13-28-17/h3-8,13,16H,9-12H2,1-2H3,(H,21,26). The van der Waals surface area contributed by atoms with E-state index in [2.05, 4.69) is 10.4 Å². The lowest BCUT2D eigenvalue weighted by Gasteiger charge is -2.12. The SMILES string of the molecule is CN(C)c1ccc(C(=O)NCCn2nc(-c3ccco3)n(C3CC3)c2=O)cc1. The molecule has 1 fully saturated rings. The van der Waals surface area contributed by atoms with E-state index < -0.39 is 0 Å². The number of nitrogens with one attached hydrogen (secondary N) is 1. The van der Waals surface area contributed by atoms with E-state index in [0.29, 0.717) is 30.2 Å². The van der Waals surface area contributed by atoms with E-state index in [1.165, 1.54) is 4.68 Å². The fourth-order valence-electron chi connectivity index (χ4n) is 3.09. The first-order valence-corrected chi connectivity index (χ1v) is 9.33. The fraction of sp³-hybridized carbons (Fsp3) is 0.350. The molecule has 2 heterocycles. The maximum atomic E-state index is 12.7. The lowest BCUT2D eigenvalue weighted by Crippen LogP contribution is -2.32. The highest BCUT2D eigenvalue weighted by Crippen LogP contribution is 2.36. The Hall–Kier alpha value is -3.29. The van der Waals surface area contributed by atoms with Crippen LogP contribution < -0.4 is 15.9 Å². The quantitative estimate of drug-likeness (QED) is 0.678. The summed E-state index contributed by atoms with van der Waals surface area (Å²) in [5.41, 5.74) is 1.44. The van der Waals surface area contributed by atoms with Crippen LogP contribution in [0, 0.1) is 0 Å². The first-order chi connectivity index (χ1) is 13.5. The van der Waals surface area contributed by atoms with Crippen LogP contribution in [0.4, 0.5) is 5.69 Å². The van der Waals surface area contributed by atoms with Crippen molar-refractivity contribution in [2.24, 2.45) is 0 Å². The topological polar surface area (TPSA) is 85.3 Å². The number of nitrogens with zero attached hydrogens (tertiary/aromatic N) is 4. The second-order valence-corrected chi connectivity index (χ2v) is 7.11. The Bertz CT molecular complexity index is 1010. The summed E-state index contributed by atoms with van der Waals surface area (Å²) in [4.78, 5) is 27.0. The molecule has 1 aromatic carbocycles. The zero-order chi connectivity index (χ0) is 19.7. The van der Waals surface area contributed by atoms with Crippen LogP contribution in [0.5, 0.6) is 0 Å². The lowest BCUT2D eigenvalue weighted by molar-refractivity contribution is 0.0952. The number of benzene rings is 1. The summed E-state index contributed by atoms with van der Waals surface area (Å²) in [5.74, 6) is 0.946. The predicted molar refractivity (Wildman–Crippen MR) is 106 cm³/mol.